The Balaban J connectivity index is 2.05. The molecule has 84 valence electrons. The Bertz CT molecular complexity index is 443. The summed E-state index contributed by atoms with van der Waals surface area (Å²) in [5.41, 5.74) is 2.59. The van der Waals surface area contributed by atoms with E-state index in [1.165, 1.54) is 7.11 Å². The monoisotopic (exact) mass is 220 g/mol. The van der Waals surface area contributed by atoms with Gasteiger partial charge in [0.15, 0.2) is 0 Å². The number of rotatable bonds is 3. The summed E-state index contributed by atoms with van der Waals surface area (Å²) in [5.74, 6) is -0.324. The molecule has 0 atom stereocenters. The molecule has 5 heteroatoms. The molecule has 1 aromatic rings. The second-order valence-corrected chi connectivity index (χ2v) is 3.53. The SMILES string of the molecule is COC(=O)CNc1ccc2c(c1)CC(=O)N2. The third-order valence-electron chi connectivity index (χ3n) is 2.39. The normalized spacial score (nSPS) is 12.9. The summed E-state index contributed by atoms with van der Waals surface area (Å²) in [5, 5.41) is 5.67. The Labute approximate surface area is 92.8 Å². The lowest BCUT2D eigenvalue weighted by molar-refractivity contribution is -0.138. The van der Waals surface area contributed by atoms with Gasteiger partial charge in [0.1, 0.15) is 6.54 Å². The van der Waals surface area contributed by atoms with Crippen molar-refractivity contribution in [2.24, 2.45) is 0 Å². The summed E-state index contributed by atoms with van der Waals surface area (Å²) in [7, 11) is 1.34. The lowest BCUT2D eigenvalue weighted by Gasteiger charge is -2.06. The molecule has 16 heavy (non-hydrogen) atoms. The number of carbonyl (C=O) groups excluding carboxylic acids is 2. The lowest BCUT2D eigenvalue weighted by atomic mass is 10.1. The van der Waals surface area contributed by atoms with Gasteiger partial charge in [-0.1, -0.05) is 0 Å². The number of anilines is 2. The van der Waals surface area contributed by atoms with Crippen molar-refractivity contribution < 1.29 is 14.3 Å². The van der Waals surface area contributed by atoms with Crippen LogP contribution in [0, 0.1) is 0 Å². The van der Waals surface area contributed by atoms with Crippen LogP contribution in [-0.4, -0.2) is 25.5 Å². The lowest BCUT2D eigenvalue weighted by Crippen LogP contribution is -2.14. The summed E-state index contributed by atoms with van der Waals surface area (Å²) in [4.78, 5) is 22.0. The molecule has 0 bridgehead atoms. The van der Waals surface area contributed by atoms with Crippen LogP contribution >= 0.6 is 0 Å². The van der Waals surface area contributed by atoms with Crippen LogP contribution in [0.2, 0.25) is 0 Å². The topological polar surface area (TPSA) is 67.4 Å². The van der Waals surface area contributed by atoms with E-state index < -0.39 is 0 Å². The fourth-order valence-electron chi connectivity index (χ4n) is 1.59. The van der Waals surface area contributed by atoms with Gasteiger partial charge in [0.25, 0.3) is 0 Å². The smallest absolute Gasteiger partial charge is 0.325 e. The fourth-order valence-corrected chi connectivity index (χ4v) is 1.59. The zero-order chi connectivity index (χ0) is 11.5. The number of hydrogen-bond donors (Lipinski definition) is 2. The van der Waals surface area contributed by atoms with E-state index in [9.17, 15) is 9.59 Å². The van der Waals surface area contributed by atoms with Crippen molar-refractivity contribution in [2.75, 3.05) is 24.3 Å². The van der Waals surface area contributed by atoms with Crippen molar-refractivity contribution in [3.63, 3.8) is 0 Å². The quantitative estimate of drug-likeness (QED) is 0.738. The molecule has 0 aliphatic carbocycles. The number of fused-ring (bicyclic) bond motifs is 1. The Morgan fingerprint density at radius 1 is 1.56 bits per heavy atom. The largest absolute Gasteiger partial charge is 0.468 e. The zero-order valence-electron chi connectivity index (χ0n) is 8.87. The van der Waals surface area contributed by atoms with Crippen molar-refractivity contribution in [2.45, 2.75) is 6.42 Å². The third kappa shape index (κ3) is 2.13. The molecule has 1 aromatic carbocycles. The first-order chi connectivity index (χ1) is 7.69. The van der Waals surface area contributed by atoms with E-state index in [2.05, 4.69) is 15.4 Å². The minimum absolute atomic E-state index is 0.000109. The summed E-state index contributed by atoms with van der Waals surface area (Å²) in [6.07, 6.45) is 0.392. The van der Waals surface area contributed by atoms with Gasteiger partial charge >= 0.3 is 5.97 Å². The highest BCUT2D eigenvalue weighted by atomic mass is 16.5. The Kier molecular flexibility index (Phi) is 2.76. The van der Waals surface area contributed by atoms with Crippen molar-refractivity contribution >= 4 is 23.3 Å². The van der Waals surface area contributed by atoms with Crippen molar-refractivity contribution in [1.29, 1.82) is 0 Å². The van der Waals surface area contributed by atoms with Gasteiger partial charge in [-0.3, -0.25) is 9.59 Å². The molecule has 1 amide bonds. The molecule has 5 nitrogen and oxygen atoms in total. The van der Waals surface area contributed by atoms with E-state index >= 15 is 0 Å². The van der Waals surface area contributed by atoms with Gasteiger partial charge in [-0.25, -0.2) is 0 Å². The van der Waals surface area contributed by atoms with Crippen LogP contribution in [0.4, 0.5) is 11.4 Å². The van der Waals surface area contributed by atoms with Crippen LogP contribution in [0.5, 0.6) is 0 Å². The van der Waals surface area contributed by atoms with Crippen LogP contribution < -0.4 is 10.6 Å². The first kappa shape index (κ1) is 10.5. The van der Waals surface area contributed by atoms with Crippen molar-refractivity contribution in [1.82, 2.24) is 0 Å². The molecule has 0 radical (unpaired) electrons. The molecule has 1 heterocycles. The standard InChI is InChI=1S/C11H12N2O3/c1-16-11(15)6-12-8-2-3-9-7(4-8)5-10(14)13-9/h2-4,12H,5-6H2,1H3,(H,13,14). The average molecular weight is 220 g/mol. The average Bonchev–Trinajstić information content (AvgIpc) is 2.65. The van der Waals surface area contributed by atoms with Crippen molar-refractivity contribution in [3.8, 4) is 0 Å². The molecular weight excluding hydrogens is 208 g/mol. The number of carbonyl (C=O) groups is 2. The number of hydrogen-bond acceptors (Lipinski definition) is 4. The minimum atomic E-state index is -0.324. The highest BCUT2D eigenvalue weighted by Crippen LogP contribution is 2.25. The maximum atomic E-state index is 11.1. The number of nitrogens with one attached hydrogen (secondary N) is 2. The molecule has 0 saturated carbocycles. The van der Waals surface area contributed by atoms with Crippen LogP contribution in [0.1, 0.15) is 5.56 Å². The van der Waals surface area contributed by atoms with E-state index in [-0.39, 0.29) is 18.4 Å². The molecule has 0 spiro atoms. The van der Waals surface area contributed by atoms with E-state index in [1.807, 2.05) is 18.2 Å². The van der Waals surface area contributed by atoms with Crippen LogP contribution in [0.15, 0.2) is 18.2 Å². The molecule has 0 unspecified atom stereocenters. The second kappa shape index (κ2) is 4.22. The van der Waals surface area contributed by atoms with Crippen LogP contribution in [0.25, 0.3) is 0 Å². The van der Waals surface area contributed by atoms with E-state index in [0.717, 1.165) is 16.9 Å². The fraction of sp³-hybridized carbons (Fsp3) is 0.273. The van der Waals surface area contributed by atoms with Gasteiger partial charge in [-0.05, 0) is 23.8 Å². The Morgan fingerprint density at radius 3 is 3.12 bits per heavy atom. The van der Waals surface area contributed by atoms with Crippen LogP contribution in [-0.2, 0) is 20.7 Å². The predicted molar refractivity (Wildman–Crippen MR) is 59.3 cm³/mol. The Morgan fingerprint density at radius 2 is 2.38 bits per heavy atom. The Hall–Kier alpha value is -2.04. The van der Waals surface area contributed by atoms with Crippen molar-refractivity contribution in [3.05, 3.63) is 23.8 Å². The first-order valence-electron chi connectivity index (χ1n) is 4.92. The number of ether oxygens (including phenoxy) is 1. The van der Waals surface area contributed by atoms with E-state index in [1.54, 1.807) is 0 Å². The zero-order valence-corrected chi connectivity index (χ0v) is 8.87. The molecule has 1 aliphatic rings. The second-order valence-electron chi connectivity index (χ2n) is 3.53. The maximum Gasteiger partial charge on any atom is 0.325 e. The summed E-state index contributed by atoms with van der Waals surface area (Å²) in [6, 6.07) is 5.49. The molecule has 2 N–H and O–H groups in total. The third-order valence-corrected chi connectivity index (χ3v) is 2.39. The van der Waals surface area contributed by atoms with Gasteiger partial charge in [0.05, 0.1) is 13.5 Å². The molecule has 0 fully saturated rings. The number of esters is 1. The predicted octanol–water partition coefficient (Wildman–Crippen LogP) is 0.766. The molecule has 0 saturated heterocycles. The maximum absolute atomic E-state index is 11.1. The van der Waals surface area contributed by atoms with Gasteiger partial charge in [-0.15, -0.1) is 0 Å². The van der Waals surface area contributed by atoms with E-state index in [4.69, 9.17) is 0 Å². The first-order valence-corrected chi connectivity index (χ1v) is 4.92. The molecular formula is C11H12N2O3. The van der Waals surface area contributed by atoms with Gasteiger partial charge in [0.2, 0.25) is 5.91 Å². The number of methoxy groups -OCH3 is 1. The van der Waals surface area contributed by atoms with Crippen LogP contribution in [0.3, 0.4) is 0 Å². The highest BCUT2D eigenvalue weighted by molar-refractivity contribution is 5.99. The van der Waals surface area contributed by atoms with Gasteiger partial charge in [-0.2, -0.15) is 0 Å². The summed E-state index contributed by atoms with van der Waals surface area (Å²) in [6.45, 7) is 0.122. The van der Waals surface area contributed by atoms with E-state index in [0.29, 0.717) is 6.42 Å². The number of benzene rings is 1. The number of amides is 1. The highest BCUT2D eigenvalue weighted by Gasteiger charge is 2.17. The minimum Gasteiger partial charge on any atom is -0.468 e. The molecule has 1 aliphatic heterocycles. The van der Waals surface area contributed by atoms with Gasteiger partial charge in [0, 0.05) is 11.4 Å². The summed E-state index contributed by atoms with van der Waals surface area (Å²) >= 11 is 0. The molecule has 2 rings (SSSR count). The molecule has 0 aromatic heterocycles. The van der Waals surface area contributed by atoms with Gasteiger partial charge < -0.3 is 15.4 Å². The summed E-state index contributed by atoms with van der Waals surface area (Å²) < 4.78 is 4.51.